The maximum Gasteiger partial charge on any atom is 0.240 e. The summed E-state index contributed by atoms with van der Waals surface area (Å²) >= 11 is 16.1. The molecular weight excluding hydrogens is 303 g/mol. The van der Waals surface area contributed by atoms with E-state index in [-0.39, 0.29) is 21.5 Å². The number of hydrogen-bond acceptors (Lipinski definition) is 3. The summed E-state index contributed by atoms with van der Waals surface area (Å²) in [6.45, 7) is 0.151. The van der Waals surface area contributed by atoms with Gasteiger partial charge < -0.3 is 5.73 Å². The maximum absolute atomic E-state index is 11.8. The van der Waals surface area contributed by atoms with Crippen LogP contribution in [0.4, 0.5) is 0 Å². The molecule has 94 valence electrons. The van der Waals surface area contributed by atoms with Gasteiger partial charge in [0.1, 0.15) is 0 Å². The molecule has 4 nitrogen and oxygen atoms in total. The summed E-state index contributed by atoms with van der Waals surface area (Å²) in [6.07, 6.45) is 0.301. The zero-order valence-corrected chi connectivity index (χ0v) is 11.8. The van der Waals surface area contributed by atoms with Crippen molar-refractivity contribution < 1.29 is 8.42 Å². The van der Waals surface area contributed by atoms with Crippen LogP contribution in [0.3, 0.4) is 0 Å². The summed E-state index contributed by atoms with van der Waals surface area (Å²) in [4.78, 5) is 0.302. The van der Waals surface area contributed by atoms with Crippen LogP contribution in [0.5, 0.6) is 0 Å². The zero-order valence-electron chi connectivity index (χ0n) is 8.61. The lowest BCUT2D eigenvalue weighted by Crippen LogP contribution is -2.27. The van der Waals surface area contributed by atoms with Gasteiger partial charge in [-0.2, -0.15) is 0 Å². The van der Waals surface area contributed by atoms with Gasteiger partial charge in [0.15, 0.2) is 0 Å². The third kappa shape index (κ3) is 4.40. The monoisotopic (exact) mass is 312 g/mol. The van der Waals surface area contributed by atoms with Crippen LogP contribution in [-0.2, 0) is 10.0 Å². The van der Waals surface area contributed by atoms with E-state index in [2.05, 4.69) is 16.9 Å². The van der Waals surface area contributed by atoms with Crippen LogP contribution >= 0.6 is 35.4 Å². The molecular formula is C9H10Cl2N2O2S2. The fraction of sp³-hybridized carbons (Fsp3) is 0.222. The van der Waals surface area contributed by atoms with Crippen molar-refractivity contribution in [3.8, 4) is 0 Å². The van der Waals surface area contributed by atoms with E-state index in [0.29, 0.717) is 11.4 Å². The van der Waals surface area contributed by atoms with Crippen molar-refractivity contribution in [2.24, 2.45) is 5.73 Å². The van der Waals surface area contributed by atoms with Crippen molar-refractivity contribution in [1.29, 1.82) is 0 Å². The third-order valence-corrected chi connectivity index (χ3v) is 4.27. The molecule has 1 rings (SSSR count). The lowest BCUT2D eigenvalue weighted by molar-refractivity contribution is 0.583. The molecule has 0 atom stereocenters. The molecule has 17 heavy (non-hydrogen) atoms. The third-order valence-electron chi connectivity index (χ3n) is 1.86. The minimum Gasteiger partial charge on any atom is -0.393 e. The fourth-order valence-corrected chi connectivity index (χ4v) is 2.56. The Balaban J connectivity index is 2.82. The molecule has 0 aliphatic rings. The highest BCUT2D eigenvalue weighted by Crippen LogP contribution is 2.24. The van der Waals surface area contributed by atoms with E-state index in [0.717, 1.165) is 0 Å². The Kier molecular flexibility index (Phi) is 5.15. The molecule has 1 aromatic carbocycles. The van der Waals surface area contributed by atoms with Gasteiger partial charge in [-0.3, -0.25) is 0 Å². The number of halogens is 2. The number of hydrogen-bond donors (Lipinski definition) is 2. The molecule has 0 saturated carbocycles. The Labute approximate surface area is 115 Å². The second-order valence-corrected chi connectivity index (χ2v) is 6.30. The smallest absolute Gasteiger partial charge is 0.240 e. The Morgan fingerprint density at radius 3 is 2.53 bits per heavy atom. The Hall–Kier alpha value is -0.400. The number of rotatable bonds is 5. The van der Waals surface area contributed by atoms with E-state index in [1.165, 1.54) is 18.2 Å². The van der Waals surface area contributed by atoms with E-state index in [4.69, 9.17) is 28.9 Å². The predicted molar refractivity (Wildman–Crippen MR) is 73.1 cm³/mol. The van der Waals surface area contributed by atoms with Gasteiger partial charge in [0, 0.05) is 13.0 Å². The van der Waals surface area contributed by atoms with Crippen molar-refractivity contribution >= 4 is 50.4 Å². The van der Waals surface area contributed by atoms with Crippen LogP contribution < -0.4 is 10.5 Å². The molecule has 0 aromatic heterocycles. The van der Waals surface area contributed by atoms with E-state index in [1.807, 2.05) is 0 Å². The van der Waals surface area contributed by atoms with Gasteiger partial charge in [0.05, 0.1) is 19.9 Å². The zero-order chi connectivity index (χ0) is 13.1. The molecule has 0 aliphatic heterocycles. The minimum atomic E-state index is -3.60. The minimum absolute atomic E-state index is 0.0508. The van der Waals surface area contributed by atoms with Crippen LogP contribution in [0.2, 0.25) is 10.0 Å². The average molecular weight is 313 g/mol. The van der Waals surface area contributed by atoms with Crippen LogP contribution in [-0.4, -0.2) is 20.0 Å². The van der Waals surface area contributed by atoms with Crippen LogP contribution in [0.15, 0.2) is 23.1 Å². The van der Waals surface area contributed by atoms with Crippen LogP contribution in [0.1, 0.15) is 6.42 Å². The first kappa shape index (κ1) is 14.7. The van der Waals surface area contributed by atoms with E-state index in [9.17, 15) is 8.42 Å². The Morgan fingerprint density at radius 1 is 1.35 bits per heavy atom. The largest absolute Gasteiger partial charge is 0.393 e. The molecule has 1 aromatic rings. The van der Waals surface area contributed by atoms with Crippen molar-refractivity contribution in [2.75, 3.05) is 6.54 Å². The van der Waals surface area contributed by atoms with Crippen molar-refractivity contribution in [1.82, 2.24) is 4.72 Å². The number of nitrogens with two attached hydrogens (primary N) is 1. The van der Waals surface area contributed by atoms with Crippen LogP contribution in [0.25, 0.3) is 0 Å². The van der Waals surface area contributed by atoms with Crippen molar-refractivity contribution in [3.63, 3.8) is 0 Å². The molecule has 8 heteroatoms. The first-order chi connectivity index (χ1) is 7.83. The Bertz CT molecular complexity index is 532. The highest BCUT2D eigenvalue weighted by Gasteiger charge is 2.14. The normalized spacial score (nSPS) is 11.4. The molecule has 0 amide bonds. The van der Waals surface area contributed by atoms with Crippen molar-refractivity contribution in [2.45, 2.75) is 11.3 Å². The van der Waals surface area contributed by atoms with Gasteiger partial charge in [0.25, 0.3) is 0 Å². The highest BCUT2D eigenvalue weighted by molar-refractivity contribution is 7.89. The predicted octanol–water partition coefficient (Wildman–Crippen LogP) is 1.95. The molecule has 3 N–H and O–H groups in total. The van der Waals surface area contributed by atoms with E-state index >= 15 is 0 Å². The molecule has 0 saturated heterocycles. The highest BCUT2D eigenvalue weighted by atomic mass is 35.5. The van der Waals surface area contributed by atoms with Crippen LogP contribution in [0, 0.1) is 0 Å². The van der Waals surface area contributed by atoms with Gasteiger partial charge in [0.2, 0.25) is 10.0 Å². The van der Waals surface area contributed by atoms with Crippen molar-refractivity contribution in [3.05, 3.63) is 28.2 Å². The molecule has 0 fully saturated rings. The lowest BCUT2D eigenvalue weighted by atomic mass is 10.4. The van der Waals surface area contributed by atoms with E-state index < -0.39 is 10.0 Å². The number of nitrogens with one attached hydrogen (secondary N) is 1. The summed E-state index contributed by atoms with van der Waals surface area (Å²) in [6, 6.07) is 4.08. The van der Waals surface area contributed by atoms with Gasteiger partial charge in [-0.1, -0.05) is 35.4 Å². The topological polar surface area (TPSA) is 72.2 Å². The average Bonchev–Trinajstić information content (AvgIpc) is 2.21. The standard InChI is InChI=1S/C9H10Cl2N2O2S2/c10-7-2-1-6(5-8(7)11)17(14,15)13-4-3-9(12)16/h1-2,5,13H,3-4H2,(H2,12,16). The molecule has 0 bridgehead atoms. The fourth-order valence-electron chi connectivity index (χ4n) is 1.04. The summed E-state index contributed by atoms with van der Waals surface area (Å²) in [5.41, 5.74) is 5.26. The van der Waals surface area contributed by atoms with Gasteiger partial charge in [-0.15, -0.1) is 0 Å². The number of benzene rings is 1. The molecule has 0 heterocycles. The maximum atomic E-state index is 11.8. The summed E-state index contributed by atoms with van der Waals surface area (Å²) in [5.74, 6) is 0. The second-order valence-electron chi connectivity index (χ2n) is 3.19. The molecule has 0 unspecified atom stereocenters. The summed E-state index contributed by atoms with van der Waals surface area (Å²) in [5, 5.41) is 0.484. The number of sulfonamides is 1. The molecule has 0 spiro atoms. The van der Waals surface area contributed by atoms with E-state index in [1.54, 1.807) is 0 Å². The van der Waals surface area contributed by atoms with Gasteiger partial charge in [-0.05, 0) is 18.2 Å². The second kappa shape index (κ2) is 5.97. The number of thiocarbonyl (C=S) groups is 1. The SMILES string of the molecule is NC(=S)CCNS(=O)(=O)c1ccc(Cl)c(Cl)c1. The summed E-state index contributed by atoms with van der Waals surface area (Å²) in [7, 11) is -3.60. The van der Waals surface area contributed by atoms with Gasteiger partial charge in [-0.25, -0.2) is 13.1 Å². The molecule has 0 aliphatic carbocycles. The molecule has 0 radical (unpaired) electrons. The quantitative estimate of drug-likeness (QED) is 0.815. The first-order valence-electron chi connectivity index (χ1n) is 4.56. The van der Waals surface area contributed by atoms with Gasteiger partial charge >= 0.3 is 0 Å². The Morgan fingerprint density at radius 2 is 2.00 bits per heavy atom. The summed E-state index contributed by atoms with van der Waals surface area (Å²) < 4.78 is 25.9. The first-order valence-corrected chi connectivity index (χ1v) is 7.20. The lowest BCUT2D eigenvalue weighted by Gasteiger charge is -2.07.